The van der Waals surface area contributed by atoms with Crippen LogP contribution in [0.1, 0.15) is 33.6 Å². The van der Waals surface area contributed by atoms with Crippen molar-refractivity contribution < 1.29 is 34.2 Å². The summed E-state index contributed by atoms with van der Waals surface area (Å²) in [5.74, 6) is -2.15. The van der Waals surface area contributed by atoms with E-state index in [4.69, 9.17) is 19.8 Å². The third-order valence-electron chi connectivity index (χ3n) is 3.76. The zero-order valence-electron chi connectivity index (χ0n) is 15.6. The van der Waals surface area contributed by atoms with Crippen molar-refractivity contribution in [3.63, 3.8) is 0 Å². The first kappa shape index (κ1) is 21.7. The van der Waals surface area contributed by atoms with Gasteiger partial charge in [-0.15, -0.1) is 0 Å². The van der Waals surface area contributed by atoms with E-state index in [1.54, 1.807) is 12.0 Å². The highest BCUT2D eigenvalue weighted by Crippen LogP contribution is 2.35. The summed E-state index contributed by atoms with van der Waals surface area (Å²) in [7, 11) is 1.54. The van der Waals surface area contributed by atoms with Crippen molar-refractivity contribution in [3.8, 4) is 0 Å². The van der Waals surface area contributed by atoms with Gasteiger partial charge in [-0.1, -0.05) is 5.16 Å². The van der Waals surface area contributed by atoms with Gasteiger partial charge in [-0.05, 0) is 20.8 Å². The maximum atomic E-state index is 11.9. The molecule has 26 heavy (non-hydrogen) atoms. The highest BCUT2D eigenvalue weighted by atomic mass is 16.6. The van der Waals surface area contributed by atoms with Crippen LogP contribution < -0.4 is 5.32 Å². The Kier molecular flexibility index (Phi) is 7.37. The van der Waals surface area contributed by atoms with Crippen molar-refractivity contribution in [1.82, 2.24) is 10.2 Å². The molecule has 0 aromatic carbocycles. The van der Waals surface area contributed by atoms with Gasteiger partial charge in [0, 0.05) is 26.2 Å². The molecule has 0 unspecified atom stereocenters. The van der Waals surface area contributed by atoms with E-state index in [1.165, 1.54) is 0 Å². The minimum absolute atomic E-state index is 0.0487. The summed E-state index contributed by atoms with van der Waals surface area (Å²) < 4.78 is 5.34. The monoisotopic (exact) mass is 373 g/mol. The Bertz CT molecular complexity index is 549. The zero-order valence-corrected chi connectivity index (χ0v) is 15.6. The molecule has 0 saturated carbocycles. The predicted octanol–water partition coefficient (Wildman–Crippen LogP) is 0.765. The van der Waals surface area contributed by atoms with E-state index >= 15 is 0 Å². The molecule has 2 aliphatic heterocycles. The van der Waals surface area contributed by atoms with Gasteiger partial charge in [-0.25, -0.2) is 4.79 Å². The molecule has 0 atom stereocenters. The third-order valence-corrected chi connectivity index (χ3v) is 3.76. The number of nitrogens with one attached hydrogen (secondary N) is 1. The highest BCUT2D eigenvalue weighted by molar-refractivity contribution is 5.96. The number of aliphatic carboxylic acids is 2. The van der Waals surface area contributed by atoms with Crippen LogP contribution in [0.15, 0.2) is 5.16 Å². The molecule has 0 radical (unpaired) electrons. The fourth-order valence-corrected chi connectivity index (χ4v) is 2.60. The van der Waals surface area contributed by atoms with E-state index in [0.717, 1.165) is 18.8 Å². The number of hydrogen-bond donors (Lipinski definition) is 3. The molecule has 2 heterocycles. The molecule has 2 saturated heterocycles. The number of carbonyl (C=O) groups excluding carboxylic acids is 1. The summed E-state index contributed by atoms with van der Waals surface area (Å²) in [5, 5.41) is 23.1. The van der Waals surface area contributed by atoms with E-state index in [9.17, 15) is 14.4 Å². The molecule has 10 heteroatoms. The molecule has 1 spiro atoms. The molecule has 148 valence electrons. The minimum Gasteiger partial charge on any atom is -0.481 e. The zero-order chi connectivity index (χ0) is 20.0. The number of ether oxygens (including phenoxy) is 1. The summed E-state index contributed by atoms with van der Waals surface area (Å²) in [6, 6.07) is 0. The molecular formula is C16H27N3O7. The van der Waals surface area contributed by atoms with Gasteiger partial charge < -0.3 is 30.0 Å². The van der Waals surface area contributed by atoms with Crippen LogP contribution >= 0.6 is 0 Å². The van der Waals surface area contributed by atoms with Gasteiger partial charge in [0.2, 0.25) is 0 Å². The van der Waals surface area contributed by atoms with Crippen molar-refractivity contribution in [2.75, 3.05) is 33.3 Å². The lowest BCUT2D eigenvalue weighted by Crippen LogP contribution is -2.63. The van der Waals surface area contributed by atoms with Crippen molar-refractivity contribution in [1.29, 1.82) is 0 Å². The number of carbonyl (C=O) groups is 3. The Balaban J connectivity index is 0.000000359. The number of amides is 1. The topological polar surface area (TPSA) is 138 Å². The lowest BCUT2D eigenvalue weighted by atomic mass is 9.78. The van der Waals surface area contributed by atoms with Gasteiger partial charge in [0.1, 0.15) is 12.7 Å². The number of likely N-dealkylation sites (tertiary alicyclic amines) is 1. The summed E-state index contributed by atoms with van der Waals surface area (Å²) in [6.07, 6.45) is -0.846. The van der Waals surface area contributed by atoms with Gasteiger partial charge in [0.05, 0.1) is 24.0 Å². The summed E-state index contributed by atoms with van der Waals surface area (Å²) in [6.45, 7) is 8.48. The van der Waals surface area contributed by atoms with Crippen LogP contribution in [-0.2, 0) is 19.2 Å². The fraction of sp³-hybridized carbons (Fsp3) is 0.750. The molecule has 0 aromatic rings. The van der Waals surface area contributed by atoms with Crippen molar-refractivity contribution in [3.05, 3.63) is 0 Å². The number of nitrogens with zero attached hydrogens (tertiary/aromatic N) is 2. The predicted molar refractivity (Wildman–Crippen MR) is 92.1 cm³/mol. The SMILES string of the molecule is CO/N=C1\CNCC12CN(C(=O)OC(C)(C)C)C2.O=C(O)CCC(=O)O. The molecule has 0 aromatic heterocycles. The molecule has 10 nitrogen and oxygen atoms in total. The van der Waals surface area contributed by atoms with Crippen LogP contribution in [0.4, 0.5) is 4.79 Å². The quantitative estimate of drug-likeness (QED) is 0.614. The van der Waals surface area contributed by atoms with Gasteiger partial charge in [0.15, 0.2) is 0 Å². The standard InChI is InChI=1S/C12H21N3O3.C4H6O4/c1-11(2,3)18-10(16)15-7-12(8-15)6-13-5-9(12)14-17-4;5-3(6)1-2-4(7)8/h13H,5-8H2,1-4H3;1-2H2,(H,5,6)(H,7,8)/b14-9+;. The minimum atomic E-state index is -1.08. The normalized spacial score (nSPS) is 19.4. The maximum absolute atomic E-state index is 11.9. The number of oxime groups is 1. The molecule has 3 N–H and O–H groups in total. The Morgan fingerprint density at radius 3 is 2.15 bits per heavy atom. The molecular weight excluding hydrogens is 346 g/mol. The van der Waals surface area contributed by atoms with Crippen LogP contribution in [-0.4, -0.2) is 77.7 Å². The molecule has 0 bridgehead atoms. The van der Waals surface area contributed by atoms with E-state index in [-0.39, 0.29) is 24.3 Å². The summed E-state index contributed by atoms with van der Waals surface area (Å²) in [5.41, 5.74) is 0.495. The molecule has 0 aliphatic carbocycles. The van der Waals surface area contributed by atoms with Gasteiger partial charge in [0.25, 0.3) is 0 Å². The van der Waals surface area contributed by atoms with Crippen LogP contribution in [0.3, 0.4) is 0 Å². The lowest BCUT2D eigenvalue weighted by molar-refractivity contribution is -0.143. The van der Waals surface area contributed by atoms with Crippen LogP contribution in [0.2, 0.25) is 0 Å². The average Bonchev–Trinajstić information content (AvgIpc) is 2.86. The second kappa shape index (κ2) is 8.84. The average molecular weight is 373 g/mol. The van der Waals surface area contributed by atoms with Crippen molar-refractivity contribution in [2.24, 2.45) is 10.6 Å². The third kappa shape index (κ3) is 6.51. The Labute approximate surface area is 152 Å². The Morgan fingerprint density at radius 1 is 1.19 bits per heavy atom. The second-order valence-electron chi connectivity index (χ2n) is 7.23. The van der Waals surface area contributed by atoms with E-state index in [1.807, 2.05) is 20.8 Å². The van der Waals surface area contributed by atoms with Crippen molar-refractivity contribution >= 4 is 23.7 Å². The first-order valence-electron chi connectivity index (χ1n) is 8.22. The molecule has 1 amide bonds. The lowest BCUT2D eigenvalue weighted by Gasteiger charge is -2.47. The van der Waals surface area contributed by atoms with Crippen molar-refractivity contribution in [2.45, 2.75) is 39.2 Å². The van der Waals surface area contributed by atoms with Gasteiger partial charge >= 0.3 is 18.0 Å². The van der Waals surface area contributed by atoms with E-state index in [2.05, 4.69) is 10.5 Å². The highest BCUT2D eigenvalue weighted by Gasteiger charge is 2.52. The first-order chi connectivity index (χ1) is 12.0. The molecule has 2 fully saturated rings. The number of carboxylic acid groups (broad SMARTS) is 2. The first-order valence-corrected chi connectivity index (χ1v) is 8.22. The molecule has 2 aliphatic rings. The summed E-state index contributed by atoms with van der Waals surface area (Å²) >= 11 is 0. The van der Waals surface area contributed by atoms with E-state index in [0.29, 0.717) is 13.1 Å². The Morgan fingerprint density at radius 2 is 1.73 bits per heavy atom. The second-order valence-corrected chi connectivity index (χ2v) is 7.23. The maximum Gasteiger partial charge on any atom is 0.410 e. The fourth-order valence-electron chi connectivity index (χ4n) is 2.60. The number of carboxylic acids is 2. The Hall–Kier alpha value is -2.36. The van der Waals surface area contributed by atoms with Gasteiger partial charge in [-0.2, -0.15) is 0 Å². The smallest absolute Gasteiger partial charge is 0.410 e. The van der Waals surface area contributed by atoms with E-state index < -0.39 is 17.5 Å². The summed E-state index contributed by atoms with van der Waals surface area (Å²) in [4.78, 5) is 37.7. The largest absolute Gasteiger partial charge is 0.481 e. The van der Waals surface area contributed by atoms with Gasteiger partial charge in [-0.3, -0.25) is 9.59 Å². The number of rotatable bonds is 4. The molecule has 2 rings (SSSR count). The number of hydrogen-bond acceptors (Lipinski definition) is 7. The van der Waals surface area contributed by atoms with Crippen LogP contribution in [0.5, 0.6) is 0 Å². The van der Waals surface area contributed by atoms with Crippen LogP contribution in [0.25, 0.3) is 0 Å². The van der Waals surface area contributed by atoms with Crippen LogP contribution in [0, 0.1) is 5.41 Å².